The summed E-state index contributed by atoms with van der Waals surface area (Å²) in [5.41, 5.74) is 0.403. The van der Waals surface area contributed by atoms with E-state index in [0.29, 0.717) is 11.1 Å². The topological polar surface area (TPSA) is 108 Å². The highest BCUT2D eigenvalue weighted by Gasteiger charge is 2.09. The van der Waals surface area contributed by atoms with Crippen molar-refractivity contribution in [2.75, 3.05) is 0 Å². The molecular formula is C16H11N3O4. The van der Waals surface area contributed by atoms with E-state index >= 15 is 0 Å². The van der Waals surface area contributed by atoms with Crippen LogP contribution in [0, 0.1) is 10.1 Å². The Hall–Kier alpha value is -3.48. The Morgan fingerprint density at radius 2 is 1.70 bits per heavy atom. The summed E-state index contributed by atoms with van der Waals surface area (Å²) in [6, 6.07) is 13.9. The minimum atomic E-state index is -0.603. The van der Waals surface area contributed by atoms with Gasteiger partial charge in [-0.05, 0) is 29.7 Å². The normalized spacial score (nSPS) is 11.1. The molecule has 114 valence electrons. The van der Waals surface area contributed by atoms with Gasteiger partial charge in [0, 0.05) is 11.5 Å². The number of hydrogen-bond acceptors (Lipinski definition) is 6. The second-order valence-corrected chi connectivity index (χ2v) is 4.81. The van der Waals surface area contributed by atoms with Crippen LogP contribution in [-0.2, 0) is 0 Å². The van der Waals surface area contributed by atoms with Crippen molar-refractivity contribution in [3.8, 4) is 11.5 Å². The molecule has 7 nitrogen and oxygen atoms in total. The van der Waals surface area contributed by atoms with Crippen LogP contribution in [0.2, 0.25) is 0 Å². The maximum atomic E-state index is 10.6. The third-order valence-electron chi connectivity index (χ3n) is 3.28. The van der Waals surface area contributed by atoms with Crippen molar-refractivity contribution in [1.82, 2.24) is 0 Å². The molecule has 23 heavy (non-hydrogen) atoms. The van der Waals surface area contributed by atoms with Crippen molar-refractivity contribution < 1.29 is 15.1 Å². The molecule has 3 rings (SSSR count). The average Bonchev–Trinajstić information content (AvgIpc) is 2.53. The molecule has 0 amide bonds. The van der Waals surface area contributed by atoms with E-state index in [9.17, 15) is 20.3 Å². The molecule has 0 aliphatic rings. The molecule has 0 heterocycles. The lowest BCUT2D eigenvalue weighted by Gasteiger charge is -2.02. The van der Waals surface area contributed by atoms with Crippen LogP contribution >= 0.6 is 0 Å². The Kier molecular flexibility index (Phi) is 3.60. The number of azo groups is 1. The van der Waals surface area contributed by atoms with E-state index in [1.165, 1.54) is 12.1 Å². The zero-order valence-electron chi connectivity index (χ0n) is 11.7. The lowest BCUT2D eigenvalue weighted by Crippen LogP contribution is -1.86. The van der Waals surface area contributed by atoms with Crippen molar-refractivity contribution in [2.24, 2.45) is 10.2 Å². The molecule has 0 fully saturated rings. The van der Waals surface area contributed by atoms with Gasteiger partial charge in [-0.15, -0.1) is 10.2 Å². The number of hydrogen-bond donors (Lipinski definition) is 2. The van der Waals surface area contributed by atoms with Crippen LogP contribution < -0.4 is 0 Å². The summed E-state index contributed by atoms with van der Waals surface area (Å²) >= 11 is 0. The van der Waals surface area contributed by atoms with Crippen LogP contribution in [0.3, 0.4) is 0 Å². The Bertz CT molecular complexity index is 938. The van der Waals surface area contributed by atoms with Gasteiger partial charge in [0.05, 0.1) is 16.7 Å². The lowest BCUT2D eigenvalue weighted by atomic mass is 10.1. The molecule has 0 aromatic heterocycles. The minimum absolute atomic E-state index is 0.110. The van der Waals surface area contributed by atoms with Crippen LogP contribution in [0.4, 0.5) is 17.1 Å². The summed E-state index contributed by atoms with van der Waals surface area (Å²) in [5, 5.41) is 39.6. The Morgan fingerprint density at radius 3 is 2.43 bits per heavy atom. The van der Waals surface area contributed by atoms with Crippen LogP contribution in [-0.4, -0.2) is 15.1 Å². The first kappa shape index (κ1) is 14.5. The summed E-state index contributed by atoms with van der Waals surface area (Å²) in [6.07, 6.45) is 0. The molecule has 7 heteroatoms. The number of nitrogens with zero attached hydrogens (tertiary/aromatic N) is 3. The van der Waals surface area contributed by atoms with Gasteiger partial charge in [-0.25, -0.2) is 0 Å². The number of aromatic hydroxyl groups is 2. The number of nitro groups is 1. The van der Waals surface area contributed by atoms with E-state index in [1.807, 2.05) is 6.07 Å². The second kappa shape index (κ2) is 5.72. The van der Waals surface area contributed by atoms with Gasteiger partial charge < -0.3 is 10.2 Å². The number of phenolic OH excluding ortho intramolecular Hbond substituents is 2. The Morgan fingerprint density at radius 1 is 0.913 bits per heavy atom. The fourth-order valence-electron chi connectivity index (χ4n) is 2.15. The predicted octanol–water partition coefficient (Wildman–Crippen LogP) is 4.57. The third kappa shape index (κ3) is 2.93. The van der Waals surface area contributed by atoms with E-state index in [-0.39, 0.29) is 22.9 Å². The van der Waals surface area contributed by atoms with Gasteiger partial charge in [0.15, 0.2) is 0 Å². The molecule has 0 saturated heterocycles. The highest BCUT2D eigenvalue weighted by Crippen LogP contribution is 2.34. The molecule has 0 unspecified atom stereocenters. The van der Waals surface area contributed by atoms with Crippen LogP contribution in [0.15, 0.2) is 64.8 Å². The zero-order valence-corrected chi connectivity index (χ0v) is 11.7. The summed E-state index contributed by atoms with van der Waals surface area (Å²) in [4.78, 5) is 10.0. The largest absolute Gasteiger partial charge is 0.508 e. The van der Waals surface area contributed by atoms with E-state index < -0.39 is 4.92 Å². The van der Waals surface area contributed by atoms with Crippen molar-refractivity contribution in [1.29, 1.82) is 0 Å². The Balaban J connectivity index is 2.00. The quantitative estimate of drug-likeness (QED) is 0.419. The smallest absolute Gasteiger partial charge is 0.273 e. The van der Waals surface area contributed by atoms with Gasteiger partial charge in [-0.3, -0.25) is 10.1 Å². The number of non-ortho nitro benzene ring substituents is 1. The molecule has 3 aromatic rings. The summed E-state index contributed by atoms with van der Waals surface area (Å²) in [5.74, 6) is -0.218. The summed E-state index contributed by atoms with van der Waals surface area (Å²) in [6.45, 7) is 0. The fraction of sp³-hybridized carbons (Fsp3) is 0. The Labute approximate surface area is 130 Å². The molecule has 0 bridgehead atoms. The first-order chi connectivity index (χ1) is 11.0. The molecule has 2 N–H and O–H groups in total. The number of benzene rings is 3. The third-order valence-corrected chi connectivity index (χ3v) is 3.28. The van der Waals surface area contributed by atoms with E-state index in [1.54, 1.807) is 30.3 Å². The van der Waals surface area contributed by atoms with Gasteiger partial charge in [0.2, 0.25) is 0 Å². The van der Waals surface area contributed by atoms with Gasteiger partial charge in [-0.2, -0.15) is 0 Å². The molecular weight excluding hydrogens is 298 g/mol. The number of rotatable bonds is 3. The van der Waals surface area contributed by atoms with E-state index in [0.717, 1.165) is 11.5 Å². The highest BCUT2D eigenvalue weighted by molar-refractivity contribution is 5.93. The molecule has 0 atom stereocenters. The maximum Gasteiger partial charge on any atom is 0.273 e. The van der Waals surface area contributed by atoms with Crippen molar-refractivity contribution in [3.63, 3.8) is 0 Å². The van der Waals surface area contributed by atoms with Gasteiger partial charge in [-0.1, -0.05) is 18.2 Å². The second-order valence-electron chi connectivity index (χ2n) is 4.81. The standard InChI is InChI=1S/C16H11N3O4/c20-12-6-4-10-2-1-3-14(13(10)9-12)17-18-15-7-5-11(19(22)23)8-16(15)21/h1-9,20-21H. The number of phenols is 2. The summed E-state index contributed by atoms with van der Waals surface area (Å²) in [7, 11) is 0. The predicted molar refractivity (Wildman–Crippen MR) is 84.6 cm³/mol. The van der Waals surface area contributed by atoms with Crippen molar-refractivity contribution in [2.45, 2.75) is 0 Å². The highest BCUT2D eigenvalue weighted by atomic mass is 16.6. The van der Waals surface area contributed by atoms with E-state index in [4.69, 9.17) is 0 Å². The lowest BCUT2D eigenvalue weighted by molar-refractivity contribution is -0.384. The van der Waals surface area contributed by atoms with Crippen LogP contribution in [0.5, 0.6) is 11.5 Å². The van der Waals surface area contributed by atoms with Crippen molar-refractivity contribution in [3.05, 3.63) is 64.7 Å². The van der Waals surface area contributed by atoms with Gasteiger partial charge >= 0.3 is 0 Å². The number of nitro benzene ring substituents is 1. The molecule has 3 aromatic carbocycles. The number of fused-ring (bicyclic) bond motifs is 1. The van der Waals surface area contributed by atoms with Crippen molar-refractivity contribution >= 4 is 27.8 Å². The van der Waals surface area contributed by atoms with Crippen LogP contribution in [0.25, 0.3) is 10.8 Å². The zero-order chi connectivity index (χ0) is 16.4. The van der Waals surface area contributed by atoms with Gasteiger partial charge in [0.1, 0.15) is 17.2 Å². The first-order valence-corrected chi connectivity index (χ1v) is 6.65. The van der Waals surface area contributed by atoms with Crippen LogP contribution in [0.1, 0.15) is 0 Å². The molecule has 0 aliphatic heterocycles. The SMILES string of the molecule is O=[N+]([O-])c1ccc(N=Nc2cccc3ccc(O)cc23)c(O)c1. The maximum absolute atomic E-state index is 10.6. The average molecular weight is 309 g/mol. The fourth-order valence-corrected chi connectivity index (χ4v) is 2.15. The minimum Gasteiger partial charge on any atom is -0.508 e. The molecule has 0 radical (unpaired) electrons. The summed E-state index contributed by atoms with van der Waals surface area (Å²) < 4.78 is 0. The molecule has 0 saturated carbocycles. The van der Waals surface area contributed by atoms with E-state index in [2.05, 4.69) is 10.2 Å². The molecule has 0 spiro atoms. The first-order valence-electron chi connectivity index (χ1n) is 6.65. The monoisotopic (exact) mass is 309 g/mol. The van der Waals surface area contributed by atoms with Gasteiger partial charge in [0.25, 0.3) is 5.69 Å². The molecule has 0 aliphatic carbocycles.